The molecular weight excluding hydrogens is 385 g/mol. The van der Waals surface area contributed by atoms with E-state index in [0.29, 0.717) is 0 Å². The molecule has 1 N–H and O–H groups in total. The molecule has 2 fully saturated rings. The Bertz CT molecular complexity index is 1040. The monoisotopic (exact) mass is 409 g/mol. The first-order chi connectivity index (χ1) is 14.4. The Morgan fingerprint density at radius 3 is 2.50 bits per heavy atom. The molecule has 0 radical (unpaired) electrons. The van der Waals surface area contributed by atoms with Gasteiger partial charge in [0.05, 0.1) is 24.3 Å². The van der Waals surface area contributed by atoms with E-state index in [0.717, 1.165) is 42.9 Å². The number of rotatable bonds is 4. The quantitative estimate of drug-likeness (QED) is 0.458. The second kappa shape index (κ2) is 7.94. The summed E-state index contributed by atoms with van der Waals surface area (Å²) in [5.41, 5.74) is 1.72. The van der Waals surface area contributed by atoms with Crippen LogP contribution in [0.25, 0.3) is 5.76 Å². The number of hydrogen-bond acceptors (Lipinski definition) is 4. The van der Waals surface area contributed by atoms with E-state index in [1.807, 2.05) is 31.2 Å². The number of nitrogens with zero attached hydrogens (tertiary/aromatic N) is 1. The van der Waals surface area contributed by atoms with Gasteiger partial charge in [-0.1, -0.05) is 37.1 Å². The highest BCUT2D eigenvalue weighted by molar-refractivity contribution is 6.46. The van der Waals surface area contributed by atoms with Gasteiger partial charge in [-0.25, -0.2) is 4.39 Å². The van der Waals surface area contributed by atoms with Crippen LogP contribution in [0.3, 0.4) is 0 Å². The minimum absolute atomic E-state index is 0.0231. The maximum absolute atomic E-state index is 14.0. The topological polar surface area (TPSA) is 66.8 Å². The second-order valence-electron chi connectivity index (χ2n) is 7.85. The van der Waals surface area contributed by atoms with Crippen LogP contribution >= 0.6 is 0 Å². The van der Waals surface area contributed by atoms with Crippen LogP contribution in [0.1, 0.15) is 48.4 Å². The number of likely N-dealkylation sites (tertiary alicyclic amines) is 1. The molecule has 1 aliphatic heterocycles. The van der Waals surface area contributed by atoms with E-state index in [-0.39, 0.29) is 22.9 Å². The number of aliphatic hydroxyl groups is 1. The van der Waals surface area contributed by atoms with E-state index >= 15 is 0 Å². The van der Waals surface area contributed by atoms with Crippen molar-refractivity contribution in [1.29, 1.82) is 0 Å². The number of carbonyl (C=O) groups is 2. The van der Waals surface area contributed by atoms with Gasteiger partial charge in [0.25, 0.3) is 11.7 Å². The van der Waals surface area contributed by atoms with Crippen LogP contribution in [0.15, 0.2) is 48.0 Å². The number of ether oxygens (including phenoxy) is 1. The van der Waals surface area contributed by atoms with Crippen molar-refractivity contribution in [3.63, 3.8) is 0 Å². The first kappa shape index (κ1) is 20.1. The van der Waals surface area contributed by atoms with Crippen molar-refractivity contribution >= 4 is 17.4 Å². The molecule has 1 atom stereocenters. The van der Waals surface area contributed by atoms with Crippen molar-refractivity contribution in [2.45, 2.75) is 44.7 Å². The number of hydrogen-bond donors (Lipinski definition) is 1. The lowest BCUT2D eigenvalue weighted by molar-refractivity contribution is -0.141. The number of amides is 1. The molecule has 6 heteroatoms. The number of benzene rings is 2. The molecule has 30 heavy (non-hydrogen) atoms. The zero-order chi connectivity index (χ0) is 21.4. The van der Waals surface area contributed by atoms with Crippen molar-refractivity contribution in [1.82, 2.24) is 4.90 Å². The number of halogens is 1. The smallest absolute Gasteiger partial charge is 0.295 e. The van der Waals surface area contributed by atoms with Gasteiger partial charge in [-0.15, -0.1) is 0 Å². The van der Waals surface area contributed by atoms with E-state index in [4.69, 9.17) is 4.74 Å². The first-order valence-corrected chi connectivity index (χ1v) is 10.1. The van der Waals surface area contributed by atoms with Gasteiger partial charge in [0, 0.05) is 6.04 Å². The van der Waals surface area contributed by atoms with Crippen LogP contribution in [-0.4, -0.2) is 34.8 Å². The molecule has 0 spiro atoms. The van der Waals surface area contributed by atoms with Gasteiger partial charge >= 0.3 is 0 Å². The molecule has 1 unspecified atom stereocenters. The number of methoxy groups -OCH3 is 1. The van der Waals surface area contributed by atoms with Crippen molar-refractivity contribution < 1.29 is 23.8 Å². The van der Waals surface area contributed by atoms with E-state index in [1.54, 1.807) is 4.90 Å². The fourth-order valence-corrected chi connectivity index (χ4v) is 4.62. The Balaban J connectivity index is 1.96. The Morgan fingerprint density at radius 1 is 1.13 bits per heavy atom. The molecule has 1 aliphatic carbocycles. The fourth-order valence-electron chi connectivity index (χ4n) is 4.62. The predicted octanol–water partition coefficient (Wildman–Crippen LogP) is 4.51. The Morgan fingerprint density at radius 2 is 1.83 bits per heavy atom. The number of aryl methyl sites for hydroxylation is 1. The third-order valence-electron chi connectivity index (χ3n) is 6.10. The number of aliphatic hydroxyl groups excluding tert-OH is 1. The molecule has 0 bridgehead atoms. The number of carbonyl (C=O) groups excluding carboxylic acids is 2. The molecule has 1 saturated carbocycles. The molecule has 1 saturated heterocycles. The molecule has 2 aromatic rings. The van der Waals surface area contributed by atoms with Gasteiger partial charge in [-0.2, -0.15) is 0 Å². The Kier molecular flexibility index (Phi) is 5.33. The minimum atomic E-state index is -0.751. The average molecular weight is 409 g/mol. The van der Waals surface area contributed by atoms with Crippen LogP contribution < -0.4 is 4.74 Å². The molecule has 2 aromatic carbocycles. The SMILES string of the molecule is COc1ccc(F)cc1/C(O)=C1\C(=O)C(=O)N(C2CCCC2)C1c1ccccc1C. The predicted molar refractivity (Wildman–Crippen MR) is 111 cm³/mol. The highest BCUT2D eigenvalue weighted by Gasteiger charge is 2.49. The first-order valence-electron chi connectivity index (χ1n) is 10.1. The van der Waals surface area contributed by atoms with Crippen molar-refractivity contribution in [3.8, 4) is 5.75 Å². The summed E-state index contributed by atoms with van der Waals surface area (Å²) in [6.07, 6.45) is 3.62. The number of ketones is 1. The summed E-state index contributed by atoms with van der Waals surface area (Å²) in [4.78, 5) is 27.8. The molecule has 4 rings (SSSR count). The summed E-state index contributed by atoms with van der Waals surface area (Å²) in [6, 6.07) is 10.4. The van der Waals surface area contributed by atoms with Crippen molar-refractivity contribution in [2.24, 2.45) is 0 Å². The molecule has 5 nitrogen and oxygen atoms in total. The standard InChI is InChI=1S/C24H24FNO4/c1-14-7-3-6-10-17(14)21-20(22(27)18-13-15(25)11-12-19(18)30-2)23(28)24(29)26(21)16-8-4-5-9-16/h3,6-7,10-13,16,21,27H,4-5,8-9H2,1-2H3/b22-20+. The van der Waals surface area contributed by atoms with E-state index in [1.165, 1.54) is 19.2 Å². The van der Waals surface area contributed by atoms with E-state index in [9.17, 15) is 19.1 Å². The highest BCUT2D eigenvalue weighted by Crippen LogP contribution is 2.45. The lowest BCUT2D eigenvalue weighted by atomic mass is 9.92. The third-order valence-corrected chi connectivity index (χ3v) is 6.10. The summed E-state index contributed by atoms with van der Waals surface area (Å²) >= 11 is 0. The molecule has 156 valence electrons. The normalized spacial score (nSPS) is 21.4. The van der Waals surface area contributed by atoms with E-state index < -0.39 is 29.3 Å². The van der Waals surface area contributed by atoms with E-state index in [2.05, 4.69) is 0 Å². The minimum Gasteiger partial charge on any atom is -0.507 e. The Hall–Kier alpha value is -3.15. The highest BCUT2D eigenvalue weighted by atomic mass is 19.1. The van der Waals surface area contributed by atoms with Crippen LogP contribution in [0.4, 0.5) is 4.39 Å². The van der Waals surface area contributed by atoms with Gasteiger partial charge in [0.1, 0.15) is 17.3 Å². The van der Waals surface area contributed by atoms with Crippen LogP contribution in [0, 0.1) is 12.7 Å². The molecule has 0 aromatic heterocycles. The summed E-state index contributed by atoms with van der Waals surface area (Å²) < 4.78 is 19.2. The molecule has 1 heterocycles. The zero-order valence-corrected chi connectivity index (χ0v) is 17.0. The largest absolute Gasteiger partial charge is 0.507 e. The van der Waals surface area contributed by atoms with Gasteiger partial charge in [0.15, 0.2) is 0 Å². The summed E-state index contributed by atoms with van der Waals surface area (Å²) in [6.45, 7) is 1.91. The second-order valence-corrected chi connectivity index (χ2v) is 7.85. The molecule has 1 amide bonds. The molecule has 2 aliphatic rings. The van der Waals surface area contributed by atoms with Gasteiger partial charge in [-0.05, 0) is 49.1 Å². The van der Waals surface area contributed by atoms with Gasteiger partial charge < -0.3 is 14.7 Å². The maximum Gasteiger partial charge on any atom is 0.295 e. The fraction of sp³-hybridized carbons (Fsp3) is 0.333. The molecular formula is C24H24FNO4. The Labute approximate surface area is 174 Å². The third kappa shape index (κ3) is 3.26. The maximum atomic E-state index is 14.0. The number of Topliss-reactive ketones (excluding diaryl/α,β-unsaturated/α-hetero) is 1. The van der Waals surface area contributed by atoms with Crippen LogP contribution in [0.2, 0.25) is 0 Å². The van der Waals surface area contributed by atoms with Crippen molar-refractivity contribution in [2.75, 3.05) is 7.11 Å². The summed E-state index contributed by atoms with van der Waals surface area (Å²) in [5.74, 6) is -2.14. The summed E-state index contributed by atoms with van der Waals surface area (Å²) in [7, 11) is 1.40. The van der Waals surface area contributed by atoms with Crippen molar-refractivity contribution in [3.05, 3.63) is 70.5 Å². The lowest BCUT2D eigenvalue weighted by Gasteiger charge is -2.31. The van der Waals surface area contributed by atoms with Crippen LogP contribution in [-0.2, 0) is 9.59 Å². The summed E-state index contributed by atoms with van der Waals surface area (Å²) in [5, 5.41) is 11.2. The van der Waals surface area contributed by atoms with Crippen LogP contribution in [0.5, 0.6) is 5.75 Å². The van der Waals surface area contributed by atoms with Gasteiger partial charge in [-0.3, -0.25) is 9.59 Å². The zero-order valence-electron chi connectivity index (χ0n) is 17.0. The van der Waals surface area contributed by atoms with Gasteiger partial charge in [0.2, 0.25) is 0 Å². The average Bonchev–Trinajstić information content (AvgIpc) is 3.35. The lowest BCUT2D eigenvalue weighted by Crippen LogP contribution is -2.37.